The second-order valence-corrected chi connectivity index (χ2v) is 6.40. The Hall–Kier alpha value is -2.40. The molecule has 0 aliphatic heterocycles. The Bertz CT molecular complexity index is 877. The van der Waals surface area contributed by atoms with E-state index in [0.717, 1.165) is 22.6 Å². The molecule has 0 aliphatic carbocycles. The number of halogens is 2. The first-order valence-corrected chi connectivity index (χ1v) is 8.07. The number of thiophene rings is 1. The van der Waals surface area contributed by atoms with E-state index in [9.17, 15) is 20.2 Å². The van der Waals surface area contributed by atoms with Crippen molar-refractivity contribution < 1.29 is 9.72 Å². The lowest BCUT2D eigenvalue weighted by Gasteiger charge is -2.08. The molecule has 1 amide bonds. The molecule has 0 fully saturated rings. The Labute approximate surface area is 151 Å². The topological polar surface area (TPSA) is 96.0 Å². The van der Waals surface area contributed by atoms with Crippen molar-refractivity contribution in [2.24, 2.45) is 0 Å². The van der Waals surface area contributed by atoms with Gasteiger partial charge in [0.1, 0.15) is 11.6 Å². The van der Waals surface area contributed by atoms with Gasteiger partial charge in [0, 0.05) is 17.0 Å². The van der Waals surface area contributed by atoms with Crippen molar-refractivity contribution >= 4 is 57.9 Å². The summed E-state index contributed by atoms with van der Waals surface area (Å²) >= 11 is 13.3. The first-order chi connectivity index (χ1) is 11.3. The highest BCUT2D eigenvalue weighted by Crippen LogP contribution is 2.35. The molecule has 2 aromatic rings. The normalized spacial score (nSPS) is 11.0. The van der Waals surface area contributed by atoms with E-state index < -0.39 is 10.8 Å². The van der Waals surface area contributed by atoms with Crippen molar-refractivity contribution in [1.29, 1.82) is 5.26 Å². The molecule has 0 aliphatic rings. The quantitative estimate of drug-likeness (QED) is 0.355. The summed E-state index contributed by atoms with van der Waals surface area (Å²) in [4.78, 5) is 23.1. The molecule has 6 nitrogen and oxygen atoms in total. The zero-order valence-electron chi connectivity index (χ0n) is 12.2. The van der Waals surface area contributed by atoms with Gasteiger partial charge in [-0.2, -0.15) is 5.26 Å². The van der Waals surface area contributed by atoms with E-state index in [2.05, 4.69) is 5.32 Å². The van der Waals surface area contributed by atoms with Crippen LogP contribution in [0.1, 0.15) is 10.4 Å². The van der Waals surface area contributed by atoms with Crippen molar-refractivity contribution in [3.63, 3.8) is 0 Å². The standard InChI is InChI=1S/C15H9Cl2N3O3S/c1-8-2-3-24-13(8)4-9(7-18)15(21)19-14-11(16)5-10(20(22)23)6-12(14)17/h2-6H,1H3,(H,19,21)/b9-4+. The molecular weight excluding hydrogens is 373 g/mol. The summed E-state index contributed by atoms with van der Waals surface area (Å²) in [5.41, 5.74) is 0.518. The van der Waals surface area contributed by atoms with Gasteiger partial charge in [-0.05, 0) is 30.0 Å². The molecule has 0 bridgehead atoms. The van der Waals surface area contributed by atoms with Crippen LogP contribution in [0.3, 0.4) is 0 Å². The van der Waals surface area contributed by atoms with Crippen molar-refractivity contribution in [3.8, 4) is 6.07 Å². The number of benzene rings is 1. The summed E-state index contributed by atoms with van der Waals surface area (Å²) in [6.07, 6.45) is 1.46. The van der Waals surface area contributed by atoms with E-state index in [1.807, 2.05) is 24.4 Å². The number of nitro groups is 1. The van der Waals surface area contributed by atoms with E-state index in [1.165, 1.54) is 17.4 Å². The maximum Gasteiger partial charge on any atom is 0.272 e. The summed E-state index contributed by atoms with van der Waals surface area (Å²) in [6, 6.07) is 5.83. The number of aryl methyl sites for hydroxylation is 1. The molecular formula is C15H9Cl2N3O3S. The van der Waals surface area contributed by atoms with Crippen molar-refractivity contribution in [3.05, 3.63) is 59.8 Å². The highest BCUT2D eigenvalue weighted by molar-refractivity contribution is 7.11. The first-order valence-electron chi connectivity index (χ1n) is 6.44. The molecule has 0 spiro atoms. The number of anilines is 1. The number of hydrogen-bond donors (Lipinski definition) is 1. The highest BCUT2D eigenvalue weighted by Gasteiger charge is 2.18. The number of non-ortho nitro benzene ring substituents is 1. The van der Waals surface area contributed by atoms with Gasteiger partial charge in [-0.15, -0.1) is 11.3 Å². The predicted molar refractivity (Wildman–Crippen MR) is 94.4 cm³/mol. The van der Waals surface area contributed by atoms with Crippen LogP contribution in [-0.2, 0) is 4.79 Å². The van der Waals surface area contributed by atoms with Crippen molar-refractivity contribution in [2.75, 3.05) is 5.32 Å². The molecule has 1 aromatic heterocycles. The second kappa shape index (κ2) is 7.45. The van der Waals surface area contributed by atoms with Gasteiger partial charge < -0.3 is 5.32 Å². The van der Waals surface area contributed by atoms with Crippen LogP contribution in [0.4, 0.5) is 11.4 Å². The largest absolute Gasteiger partial charge is 0.319 e. The van der Waals surface area contributed by atoms with Crippen LogP contribution < -0.4 is 5.32 Å². The highest BCUT2D eigenvalue weighted by atomic mass is 35.5. The minimum absolute atomic E-state index is 0.0120. The van der Waals surface area contributed by atoms with Gasteiger partial charge in [-0.1, -0.05) is 23.2 Å². The van der Waals surface area contributed by atoms with Crippen molar-refractivity contribution in [2.45, 2.75) is 6.92 Å². The minimum Gasteiger partial charge on any atom is -0.319 e. The lowest BCUT2D eigenvalue weighted by atomic mass is 10.2. The molecule has 1 N–H and O–H groups in total. The average Bonchev–Trinajstić information content (AvgIpc) is 2.92. The van der Waals surface area contributed by atoms with Crippen LogP contribution in [0.2, 0.25) is 10.0 Å². The van der Waals surface area contributed by atoms with E-state index in [-0.39, 0.29) is 27.0 Å². The van der Waals surface area contributed by atoms with Gasteiger partial charge in [0.25, 0.3) is 11.6 Å². The summed E-state index contributed by atoms with van der Waals surface area (Å²) in [5.74, 6) is -0.706. The van der Waals surface area contributed by atoms with Gasteiger partial charge in [0.15, 0.2) is 0 Å². The lowest BCUT2D eigenvalue weighted by molar-refractivity contribution is -0.384. The Morgan fingerprint density at radius 3 is 2.50 bits per heavy atom. The fourth-order valence-corrected chi connectivity index (χ4v) is 3.21. The zero-order chi connectivity index (χ0) is 17.9. The Morgan fingerprint density at radius 1 is 1.42 bits per heavy atom. The summed E-state index contributed by atoms with van der Waals surface area (Å²) in [5, 5.41) is 24.0. The third-order valence-corrected chi connectivity index (χ3v) is 4.58. The summed E-state index contributed by atoms with van der Waals surface area (Å²) in [6.45, 7) is 1.86. The summed E-state index contributed by atoms with van der Waals surface area (Å²) in [7, 11) is 0. The third-order valence-electron chi connectivity index (χ3n) is 3.02. The monoisotopic (exact) mass is 381 g/mol. The van der Waals surface area contributed by atoms with Crippen LogP contribution in [-0.4, -0.2) is 10.8 Å². The number of nitro benzene ring substituents is 1. The first kappa shape index (κ1) is 17.9. The van der Waals surface area contributed by atoms with Crippen LogP contribution in [0, 0.1) is 28.4 Å². The molecule has 2 rings (SSSR count). The van der Waals surface area contributed by atoms with Crippen LogP contribution >= 0.6 is 34.5 Å². The molecule has 1 heterocycles. The third kappa shape index (κ3) is 3.92. The van der Waals surface area contributed by atoms with Gasteiger partial charge in [0.2, 0.25) is 0 Å². The Morgan fingerprint density at radius 2 is 2.04 bits per heavy atom. The minimum atomic E-state index is -0.706. The number of amides is 1. The molecule has 0 saturated heterocycles. The smallest absolute Gasteiger partial charge is 0.272 e. The van der Waals surface area contributed by atoms with Crippen LogP contribution in [0.15, 0.2) is 29.2 Å². The number of carbonyl (C=O) groups is 1. The van der Waals surface area contributed by atoms with Crippen molar-refractivity contribution in [1.82, 2.24) is 0 Å². The van der Waals surface area contributed by atoms with Gasteiger partial charge in [0.05, 0.1) is 20.7 Å². The number of hydrogen-bond acceptors (Lipinski definition) is 5. The van der Waals surface area contributed by atoms with E-state index in [0.29, 0.717) is 0 Å². The number of carbonyl (C=O) groups excluding carboxylic acids is 1. The van der Waals surface area contributed by atoms with Gasteiger partial charge in [-0.3, -0.25) is 14.9 Å². The number of nitriles is 1. The number of nitrogens with zero attached hydrogens (tertiary/aromatic N) is 2. The average molecular weight is 382 g/mol. The number of nitrogens with one attached hydrogen (secondary N) is 1. The number of rotatable bonds is 4. The summed E-state index contributed by atoms with van der Waals surface area (Å²) < 4.78 is 0. The molecule has 9 heteroatoms. The molecule has 24 heavy (non-hydrogen) atoms. The van der Waals surface area contributed by atoms with Gasteiger partial charge in [-0.25, -0.2) is 0 Å². The van der Waals surface area contributed by atoms with E-state index in [1.54, 1.807) is 0 Å². The van der Waals surface area contributed by atoms with E-state index >= 15 is 0 Å². The van der Waals surface area contributed by atoms with Gasteiger partial charge >= 0.3 is 0 Å². The zero-order valence-corrected chi connectivity index (χ0v) is 14.5. The van der Waals surface area contributed by atoms with Crippen LogP contribution in [0.25, 0.3) is 6.08 Å². The SMILES string of the molecule is Cc1ccsc1/C=C(\C#N)C(=O)Nc1c(Cl)cc([N+](=O)[O-])cc1Cl. The van der Waals surface area contributed by atoms with Crippen LogP contribution in [0.5, 0.6) is 0 Å². The Kier molecular flexibility index (Phi) is 5.57. The maximum atomic E-state index is 12.3. The molecule has 0 unspecified atom stereocenters. The molecule has 0 atom stereocenters. The molecule has 122 valence electrons. The fourth-order valence-electron chi connectivity index (χ4n) is 1.78. The lowest BCUT2D eigenvalue weighted by Crippen LogP contribution is -2.14. The molecule has 0 radical (unpaired) electrons. The maximum absolute atomic E-state index is 12.3. The second-order valence-electron chi connectivity index (χ2n) is 4.63. The fraction of sp³-hybridized carbons (Fsp3) is 0.0667. The Balaban J connectivity index is 2.32. The predicted octanol–water partition coefficient (Wildman–Crippen LogP) is 4.82. The molecule has 1 aromatic carbocycles. The molecule has 0 saturated carbocycles. The van der Waals surface area contributed by atoms with E-state index in [4.69, 9.17) is 23.2 Å².